The monoisotopic (exact) mass is 242 g/mol. The van der Waals surface area contributed by atoms with E-state index in [0.29, 0.717) is 0 Å². The van der Waals surface area contributed by atoms with Gasteiger partial charge in [-0.05, 0) is 6.07 Å². The van der Waals surface area contributed by atoms with Crippen LogP contribution in [0.25, 0.3) is 0 Å². The average molecular weight is 242 g/mol. The molecule has 0 radical (unpaired) electrons. The highest BCUT2D eigenvalue weighted by atomic mass is 19.1. The molecule has 92 valence electrons. The third-order valence-electron chi connectivity index (χ3n) is 2.70. The molecule has 4 nitrogen and oxygen atoms in total. The Hall–Kier alpha value is -1.69. The zero-order valence-corrected chi connectivity index (χ0v) is 8.99. The Morgan fingerprint density at radius 2 is 2.24 bits per heavy atom. The molecule has 1 atom stereocenters. The van der Waals surface area contributed by atoms with Crippen LogP contribution >= 0.6 is 0 Å². The van der Waals surface area contributed by atoms with E-state index < -0.39 is 17.7 Å². The van der Waals surface area contributed by atoms with Crippen molar-refractivity contribution in [2.45, 2.75) is 6.04 Å². The molecule has 0 saturated carbocycles. The molecule has 1 saturated heterocycles. The molecule has 0 aliphatic carbocycles. The minimum absolute atomic E-state index is 0.147. The van der Waals surface area contributed by atoms with E-state index in [0.717, 1.165) is 12.1 Å². The van der Waals surface area contributed by atoms with Gasteiger partial charge in [0.2, 0.25) is 0 Å². The summed E-state index contributed by atoms with van der Waals surface area (Å²) in [5.41, 5.74) is 0.250. The van der Waals surface area contributed by atoms with E-state index in [1.165, 1.54) is 11.0 Å². The number of β-amino-alcohol motifs (C(OH)–C–C–N with tert-alkyl or cyclic N) is 1. The first-order valence-electron chi connectivity index (χ1n) is 5.23. The van der Waals surface area contributed by atoms with Crippen molar-refractivity contribution in [3.05, 3.63) is 35.4 Å². The number of carbonyl (C=O) groups is 1. The second-order valence-electron chi connectivity index (χ2n) is 3.84. The number of rotatable bonds is 3. The van der Waals surface area contributed by atoms with Gasteiger partial charge < -0.3 is 15.3 Å². The van der Waals surface area contributed by atoms with Crippen molar-refractivity contribution < 1.29 is 18.7 Å². The van der Waals surface area contributed by atoms with Crippen LogP contribution in [0.15, 0.2) is 18.2 Å². The van der Waals surface area contributed by atoms with Crippen LogP contribution in [-0.4, -0.2) is 35.7 Å². The number of nitrogens with one attached hydrogen (secondary N) is 1. The smallest absolute Gasteiger partial charge is 0.318 e. The van der Waals surface area contributed by atoms with E-state index in [9.17, 15) is 13.6 Å². The van der Waals surface area contributed by atoms with Gasteiger partial charge in [-0.3, -0.25) is 0 Å². The van der Waals surface area contributed by atoms with Gasteiger partial charge in [-0.15, -0.1) is 0 Å². The van der Waals surface area contributed by atoms with Gasteiger partial charge >= 0.3 is 6.03 Å². The number of hydrogen-bond donors (Lipinski definition) is 2. The second-order valence-corrected chi connectivity index (χ2v) is 3.84. The average Bonchev–Trinajstić information content (AvgIpc) is 2.60. The summed E-state index contributed by atoms with van der Waals surface area (Å²) in [4.78, 5) is 12.8. The first-order chi connectivity index (χ1) is 8.11. The predicted octanol–water partition coefficient (Wildman–Crippen LogP) is 1.02. The van der Waals surface area contributed by atoms with Crippen molar-refractivity contribution in [1.82, 2.24) is 10.2 Å². The number of amides is 2. The van der Waals surface area contributed by atoms with Gasteiger partial charge in [0.1, 0.15) is 11.6 Å². The number of hydrogen-bond acceptors (Lipinski definition) is 2. The summed E-state index contributed by atoms with van der Waals surface area (Å²) < 4.78 is 26.2. The zero-order chi connectivity index (χ0) is 12.4. The van der Waals surface area contributed by atoms with Gasteiger partial charge in [0.05, 0.1) is 12.6 Å². The normalized spacial score (nSPS) is 19.6. The molecule has 1 aliphatic heterocycles. The molecule has 2 rings (SSSR count). The van der Waals surface area contributed by atoms with Gasteiger partial charge in [0.15, 0.2) is 0 Å². The Bertz CT molecular complexity index is 439. The molecule has 1 unspecified atom stereocenters. The fourth-order valence-electron chi connectivity index (χ4n) is 1.86. The largest absolute Gasteiger partial charge is 0.395 e. The van der Waals surface area contributed by atoms with Crippen LogP contribution in [0, 0.1) is 11.6 Å². The predicted molar refractivity (Wildman–Crippen MR) is 56.3 cm³/mol. The summed E-state index contributed by atoms with van der Waals surface area (Å²) in [5.74, 6) is -1.33. The Balaban J connectivity index is 2.17. The Morgan fingerprint density at radius 3 is 2.88 bits per heavy atom. The molecule has 6 heteroatoms. The van der Waals surface area contributed by atoms with Crippen LogP contribution in [0.4, 0.5) is 13.6 Å². The number of benzene rings is 1. The number of halogens is 2. The maximum Gasteiger partial charge on any atom is 0.318 e. The van der Waals surface area contributed by atoms with Gasteiger partial charge in [-0.25, -0.2) is 13.6 Å². The molecule has 1 fully saturated rings. The van der Waals surface area contributed by atoms with Gasteiger partial charge in [-0.1, -0.05) is 6.07 Å². The SMILES string of the molecule is O=C1NC(c2ccc(F)cc2F)CN1CCO. The van der Waals surface area contributed by atoms with Crippen molar-refractivity contribution in [2.75, 3.05) is 19.7 Å². The molecule has 2 amide bonds. The third kappa shape index (κ3) is 2.36. The van der Waals surface area contributed by atoms with Crippen LogP contribution < -0.4 is 5.32 Å². The molecule has 1 aliphatic rings. The van der Waals surface area contributed by atoms with Gasteiger partial charge in [0.25, 0.3) is 0 Å². The van der Waals surface area contributed by atoms with Crippen molar-refractivity contribution in [1.29, 1.82) is 0 Å². The lowest BCUT2D eigenvalue weighted by Gasteiger charge is -2.13. The third-order valence-corrected chi connectivity index (χ3v) is 2.70. The van der Waals surface area contributed by atoms with E-state index in [1.807, 2.05) is 0 Å². The van der Waals surface area contributed by atoms with Crippen LogP contribution in [0.5, 0.6) is 0 Å². The summed E-state index contributed by atoms with van der Waals surface area (Å²) in [7, 11) is 0. The molecule has 2 N–H and O–H groups in total. The molecule has 0 bridgehead atoms. The maximum atomic E-state index is 13.5. The summed E-state index contributed by atoms with van der Waals surface area (Å²) in [5, 5.41) is 11.3. The van der Waals surface area contributed by atoms with Crippen LogP contribution in [0.2, 0.25) is 0 Å². The summed E-state index contributed by atoms with van der Waals surface area (Å²) in [6.45, 7) is 0.319. The van der Waals surface area contributed by atoms with Crippen molar-refractivity contribution in [2.24, 2.45) is 0 Å². The van der Waals surface area contributed by atoms with E-state index in [-0.39, 0.29) is 31.3 Å². The lowest BCUT2D eigenvalue weighted by molar-refractivity contribution is 0.196. The molecule has 1 heterocycles. The van der Waals surface area contributed by atoms with E-state index in [1.54, 1.807) is 0 Å². The molecular weight excluding hydrogens is 230 g/mol. The molecule has 1 aromatic rings. The maximum absolute atomic E-state index is 13.5. The minimum Gasteiger partial charge on any atom is -0.395 e. The molecule has 0 spiro atoms. The Kier molecular flexibility index (Phi) is 3.23. The lowest BCUT2D eigenvalue weighted by Crippen LogP contribution is -2.30. The van der Waals surface area contributed by atoms with Gasteiger partial charge in [0, 0.05) is 24.7 Å². The van der Waals surface area contributed by atoms with E-state index in [2.05, 4.69) is 5.32 Å². The van der Waals surface area contributed by atoms with Crippen molar-refractivity contribution in [3.63, 3.8) is 0 Å². The highest BCUT2D eigenvalue weighted by molar-refractivity contribution is 5.77. The molecule has 1 aromatic carbocycles. The van der Waals surface area contributed by atoms with Gasteiger partial charge in [-0.2, -0.15) is 0 Å². The highest BCUT2D eigenvalue weighted by Crippen LogP contribution is 2.23. The number of aliphatic hydroxyl groups excluding tert-OH is 1. The molecular formula is C11H12F2N2O2. The summed E-state index contributed by atoms with van der Waals surface area (Å²) >= 11 is 0. The first kappa shape index (κ1) is 11.8. The summed E-state index contributed by atoms with van der Waals surface area (Å²) in [6, 6.07) is 2.40. The lowest BCUT2D eigenvalue weighted by atomic mass is 10.1. The van der Waals surface area contributed by atoms with Crippen molar-refractivity contribution in [3.8, 4) is 0 Å². The topological polar surface area (TPSA) is 52.6 Å². The molecule has 0 aromatic heterocycles. The quantitative estimate of drug-likeness (QED) is 0.831. The fraction of sp³-hybridized carbons (Fsp3) is 0.364. The number of urea groups is 1. The second kappa shape index (κ2) is 4.67. The van der Waals surface area contributed by atoms with E-state index in [4.69, 9.17) is 5.11 Å². The minimum atomic E-state index is -0.679. The number of aliphatic hydroxyl groups is 1. The molecule has 17 heavy (non-hydrogen) atoms. The zero-order valence-electron chi connectivity index (χ0n) is 8.99. The standard InChI is InChI=1S/C11H12F2N2O2/c12-7-1-2-8(9(13)5-7)10-6-15(3-4-16)11(17)14-10/h1-2,5,10,16H,3-4,6H2,(H,14,17). The Morgan fingerprint density at radius 1 is 1.47 bits per heavy atom. The van der Waals surface area contributed by atoms with Crippen LogP contribution in [0.3, 0.4) is 0 Å². The Labute approximate surface area is 96.8 Å². The number of carbonyl (C=O) groups excluding carboxylic acids is 1. The summed E-state index contributed by atoms with van der Waals surface area (Å²) in [6.07, 6.45) is 0. The number of nitrogens with zero attached hydrogens (tertiary/aromatic N) is 1. The van der Waals surface area contributed by atoms with E-state index >= 15 is 0 Å². The fourth-order valence-corrected chi connectivity index (χ4v) is 1.86. The van der Waals surface area contributed by atoms with Crippen molar-refractivity contribution >= 4 is 6.03 Å². The first-order valence-corrected chi connectivity index (χ1v) is 5.23. The highest BCUT2D eigenvalue weighted by Gasteiger charge is 2.30. The van der Waals surface area contributed by atoms with Crippen LogP contribution in [-0.2, 0) is 0 Å². The van der Waals surface area contributed by atoms with Crippen LogP contribution in [0.1, 0.15) is 11.6 Å².